The zero-order chi connectivity index (χ0) is 20.1. The Hall–Kier alpha value is -3.67. The Labute approximate surface area is 162 Å². The second-order valence-corrected chi connectivity index (χ2v) is 6.37. The van der Waals surface area contributed by atoms with Gasteiger partial charge in [0.25, 0.3) is 5.91 Å². The molecule has 6 heteroatoms. The number of aryl methyl sites for hydroxylation is 1. The molecule has 0 spiro atoms. The molecule has 0 aliphatic rings. The number of rotatable bonds is 6. The second-order valence-electron chi connectivity index (χ2n) is 6.37. The second kappa shape index (κ2) is 8.35. The molecule has 0 heterocycles. The fourth-order valence-electron chi connectivity index (χ4n) is 2.95. The first-order chi connectivity index (χ1) is 13.5. The van der Waals surface area contributed by atoms with Crippen molar-refractivity contribution >= 4 is 11.6 Å². The molecule has 1 N–H and O–H groups in total. The van der Waals surface area contributed by atoms with E-state index in [1.807, 2.05) is 61.5 Å². The van der Waals surface area contributed by atoms with Crippen LogP contribution in [-0.2, 0) is 0 Å². The number of ether oxygens (including phenoxy) is 1. The number of methoxy groups -OCH3 is 1. The summed E-state index contributed by atoms with van der Waals surface area (Å²) in [6.07, 6.45) is 0. The highest BCUT2D eigenvalue weighted by Gasteiger charge is 2.21. The minimum absolute atomic E-state index is 0.111. The van der Waals surface area contributed by atoms with E-state index in [0.717, 1.165) is 16.7 Å². The molecule has 0 radical (unpaired) electrons. The van der Waals surface area contributed by atoms with Crippen LogP contribution in [0.15, 0.2) is 72.8 Å². The smallest absolute Gasteiger partial charge is 0.311 e. The molecule has 0 aliphatic carbocycles. The summed E-state index contributed by atoms with van der Waals surface area (Å²) in [5, 5.41) is 14.2. The number of amides is 1. The number of hydrogen-bond acceptors (Lipinski definition) is 4. The largest absolute Gasteiger partial charge is 0.490 e. The van der Waals surface area contributed by atoms with Crippen molar-refractivity contribution in [2.75, 3.05) is 7.11 Å². The van der Waals surface area contributed by atoms with Crippen molar-refractivity contribution in [3.63, 3.8) is 0 Å². The van der Waals surface area contributed by atoms with Gasteiger partial charge in [0.05, 0.1) is 18.1 Å². The summed E-state index contributed by atoms with van der Waals surface area (Å²) in [7, 11) is 1.35. The molecule has 0 aromatic heterocycles. The number of carbonyl (C=O) groups excluding carboxylic acids is 1. The maximum Gasteiger partial charge on any atom is 0.311 e. The van der Waals surface area contributed by atoms with Gasteiger partial charge in [-0.2, -0.15) is 0 Å². The molecule has 0 saturated heterocycles. The van der Waals surface area contributed by atoms with Crippen molar-refractivity contribution in [1.29, 1.82) is 0 Å². The molecule has 142 valence electrons. The Morgan fingerprint density at radius 3 is 2.25 bits per heavy atom. The quantitative estimate of drug-likeness (QED) is 0.510. The maximum absolute atomic E-state index is 12.9. The van der Waals surface area contributed by atoms with Crippen molar-refractivity contribution in [3.8, 4) is 5.75 Å². The monoisotopic (exact) mass is 376 g/mol. The number of nitro benzene ring substituents is 1. The molecule has 1 amide bonds. The van der Waals surface area contributed by atoms with Crippen LogP contribution in [0, 0.1) is 17.0 Å². The van der Waals surface area contributed by atoms with Gasteiger partial charge >= 0.3 is 5.69 Å². The van der Waals surface area contributed by atoms with E-state index >= 15 is 0 Å². The minimum atomic E-state index is -0.565. The lowest BCUT2D eigenvalue weighted by atomic mass is 9.97. The van der Waals surface area contributed by atoms with Crippen LogP contribution < -0.4 is 10.1 Å². The van der Waals surface area contributed by atoms with E-state index in [2.05, 4.69) is 5.32 Å². The zero-order valence-electron chi connectivity index (χ0n) is 15.6. The molecule has 3 rings (SSSR count). The molecule has 28 heavy (non-hydrogen) atoms. The average molecular weight is 376 g/mol. The first-order valence-electron chi connectivity index (χ1n) is 8.74. The van der Waals surface area contributed by atoms with E-state index in [0.29, 0.717) is 0 Å². The molecule has 6 nitrogen and oxygen atoms in total. The van der Waals surface area contributed by atoms with Gasteiger partial charge in [0.1, 0.15) is 0 Å². The predicted octanol–water partition coefficient (Wildman–Crippen LogP) is 4.43. The molecule has 0 aliphatic heterocycles. The van der Waals surface area contributed by atoms with Crippen LogP contribution in [0.4, 0.5) is 5.69 Å². The number of benzene rings is 3. The number of nitrogens with one attached hydrogen (secondary N) is 1. The molecule has 3 aromatic rings. The van der Waals surface area contributed by atoms with Crippen molar-refractivity contribution < 1.29 is 14.5 Å². The van der Waals surface area contributed by atoms with E-state index in [4.69, 9.17) is 4.74 Å². The number of nitrogens with zero attached hydrogens (tertiary/aromatic N) is 1. The molecular formula is C22H20N2O4. The van der Waals surface area contributed by atoms with Gasteiger partial charge in [0, 0.05) is 11.6 Å². The summed E-state index contributed by atoms with van der Waals surface area (Å²) in [5.74, 6) is -0.292. The third kappa shape index (κ3) is 4.17. The van der Waals surface area contributed by atoms with E-state index < -0.39 is 10.8 Å². The van der Waals surface area contributed by atoms with Crippen molar-refractivity contribution in [2.45, 2.75) is 13.0 Å². The summed E-state index contributed by atoms with van der Waals surface area (Å²) in [6.45, 7) is 2.00. The fourth-order valence-corrected chi connectivity index (χ4v) is 2.95. The van der Waals surface area contributed by atoms with Gasteiger partial charge < -0.3 is 10.1 Å². The number of hydrogen-bond donors (Lipinski definition) is 1. The lowest BCUT2D eigenvalue weighted by molar-refractivity contribution is -0.385. The molecule has 0 fully saturated rings. The number of carbonyl (C=O) groups is 1. The van der Waals surface area contributed by atoms with Crippen molar-refractivity contribution in [1.82, 2.24) is 5.32 Å². The van der Waals surface area contributed by atoms with Crippen LogP contribution >= 0.6 is 0 Å². The van der Waals surface area contributed by atoms with Crippen LogP contribution in [0.3, 0.4) is 0 Å². The lowest BCUT2D eigenvalue weighted by Gasteiger charge is -2.20. The van der Waals surface area contributed by atoms with E-state index in [1.54, 1.807) is 0 Å². The Kier molecular flexibility index (Phi) is 5.69. The molecule has 1 atom stereocenters. The third-order valence-electron chi connectivity index (χ3n) is 4.46. The van der Waals surface area contributed by atoms with Gasteiger partial charge in [-0.1, -0.05) is 60.2 Å². The van der Waals surface area contributed by atoms with Gasteiger partial charge in [-0.15, -0.1) is 0 Å². The van der Waals surface area contributed by atoms with Gasteiger partial charge in [0.15, 0.2) is 5.75 Å². The molecular weight excluding hydrogens is 356 g/mol. The fraction of sp³-hybridized carbons (Fsp3) is 0.136. The summed E-state index contributed by atoms with van der Waals surface area (Å²) >= 11 is 0. The normalized spacial score (nSPS) is 11.5. The SMILES string of the molecule is COc1ccc(C(=O)N[C@@H](c2ccccc2)c2ccc(C)cc2)cc1[N+](=O)[O-]. The zero-order valence-corrected chi connectivity index (χ0v) is 15.6. The summed E-state index contributed by atoms with van der Waals surface area (Å²) in [5.41, 5.74) is 2.91. The average Bonchev–Trinajstić information content (AvgIpc) is 2.72. The highest BCUT2D eigenvalue weighted by molar-refractivity contribution is 5.95. The van der Waals surface area contributed by atoms with Gasteiger partial charge in [-0.05, 0) is 30.2 Å². The predicted molar refractivity (Wildman–Crippen MR) is 107 cm³/mol. The van der Waals surface area contributed by atoms with E-state index in [9.17, 15) is 14.9 Å². The summed E-state index contributed by atoms with van der Waals surface area (Å²) in [4.78, 5) is 23.5. The Morgan fingerprint density at radius 1 is 1.00 bits per heavy atom. The van der Waals surface area contributed by atoms with Gasteiger partial charge in [0.2, 0.25) is 0 Å². The van der Waals surface area contributed by atoms with Gasteiger partial charge in [-0.3, -0.25) is 14.9 Å². The van der Waals surface area contributed by atoms with Gasteiger partial charge in [-0.25, -0.2) is 0 Å². The van der Waals surface area contributed by atoms with Crippen LogP contribution in [0.25, 0.3) is 0 Å². The Morgan fingerprint density at radius 2 is 1.64 bits per heavy atom. The van der Waals surface area contributed by atoms with Crippen LogP contribution in [-0.4, -0.2) is 17.9 Å². The number of nitro groups is 1. The highest BCUT2D eigenvalue weighted by Crippen LogP contribution is 2.28. The van der Waals surface area contributed by atoms with E-state index in [1.165, 1.54) is 25.3 Å². The topological polar surface area (TPSA) is 81.5 Å². The molecule has 0 saturated carbocycles. The lowest BCUT2D eigenvalue weighted by Crippen LogP contribution is -2.29. The van der Waals surface area contributed by atoms with E-state index in [-0.39, 0.29) is 23.0 Å². The highest BCUT2D eigenvalue weighted by atomic mass is 16.6. The summed E-state index contributed by atoms with van der Waals surface area (Å²) in [6, 6.07) is 21.3. The van der Waals surface area contributed by atoms with Crippen LogP contribution in [0.2, 0.25) is 0 Å². The Bertz CT molecular complexity index is 985. The minimum Gasteiger partial charge on any atom is -0.490 e. The maximum atomic E-state index is 12.9. The third-order valence-corrected chi connectivity index (χ3v) is 4.46. The first-order valence-corrected chi connectivity index (χ1v) is 8.74. The standard InChI is InChI=1S/C22H20N2O4/c1-15-8-10-17(11-9-15)21(16-6-4-3-5-7-16)23-22(25)18-12-13-20(28-2)19(14-18)24(26)27/h3-14,21H,1-2H3,(H,23,25)/t21-/m0/s1. The van der Waals surface area contributed by atoms with Crippen molar-refractivity contribution in [2.24, 2.45) is 0 Å². The molecule has 3 aromatic carbocycles. The summed E-state index contributed by atoms with van der Waals surface area (Å²) < 4.78 is 5.00. The van der Waals surface area contributed by atoms with Crippen molar-refractivity contribution in [3.05, 3.63) is 105 Å². The molecule has 0 unspecified atom stereocenters. The first kappa shape index (κ1) is 19.1. The Balaban J connectivity index is 1.95. The van der Waals surface area contributed by atoms with Crippen LogP contribution in [0.1, 0.15) is 33.1 Å². The van der Waals surface area contributed by atoms with Crippen LogP contribution in [0.5, 0.6) is 5.75 Å². The molecule has 0 bridgehead atoms.